The third-order valence-electron chi connectivity index (χ3n) is 5.31. The van der Waals surface area contributed by atoms with Crippen molar-refractivity contribution in [3.05, 3.63) is 0 Å². The smallest absolute Gasteiger partial charge is 0.237 e. The van der Waals surface area contributed by atoms with E-state index in [0.29, 0.717) is 12.6 Å². The van der Waals surface area contributed by atoms with Gasteiger partial charge in [0.15, 0.2) is 0 Å². The van der Waals surface area contributed by atoms with Gasteiger partial charge in [0.05, 0.1) is 12.6 Å². The molecule has 6 heteroatoms. The summed E-state index contributed by atoms with van der Waals surface area (Å²) in [4.78, 5) is 31.4. The molecule has 0 spiro atoms. The number of nitrogens with zero attached hydrogens (tertiary/aromatic N) is 3. The predicted octanol–water partition coefficient (Wildman–Crippen LogP) is 1.31. The number of likely N-dealkylation sites (tertiary alicyclic amines) is 1. The van der Waals surface area contributed by atoms with E-state index in [2.05, 4.69) is 26.9 Å². The van der Waals surface area contributed by atoms with Gasteiger partial charge in [-0.3, -0.25) is 19.4 Å². The maximum Gasteiger partial charge on any atom is 0.237 e. The van der Waals surface area contributed by atoms with Crippen molar-refractivity contribution in [1.82, 2.24) is 20.0 Å². The Balaban J connectivity index is 1.77. The van der Waals surface area contributed by atoms with Crippen LogP contribution in [0.2, 0.25) is 0 Å². The predicted molar refractivity (Wildman–Crippen MR) is 100 cm³/mol. The molecule has 0 saturated carbocycles. The average molecular weight is 353 g/mol. The molecular formula is C19H36N4O2. The van der Waals surface area contributed by atoms with Crippen LogP contribution in [0.5, 0.6) is 0 Å². The van der Waals surface area contributed by atoms with Crippen molar-refractivity contribution in [2.75, 3.05) is 39.3 Å². The van der Waals surface area contributed by atoms with E-state index in [1.54, 1.807) is 0 Å². The van der Waals surface area contributed by atoms with Gasteiger partial charge >= 0.3 is 0 Å². The molecule has 144 valence electrons. The van der Waals surface area contributed by atoms with Gasteiger partial charge in [-0.2, -0.15) is 0 Å². The van der Waals surface area contributed by atoms with Crippen LogP contribution in [-0.2, 0) is 9.59 Å². The first-order valence-corrected chi connectivity index (χ1v) is 9.75. The molecule has 0 bridgehead atoms. The van der Waals surface area contributed by atoms with Gasteiger partial charge < -0.3 is 10.2 Å². The monoisotopic (exact) mass is 352 g/mol. The Hall–Kier alpha value is -1.14. The van der Waals surface area contributed by atoms with Crippen molar-refractivity contribution < 1.29 is 9.59 Å². The largest absolute Gasteiger partial charge is 0.350 e. The number of carbonyl (C=O) groups excluding carboxylic acids is 2. The zero-order valence-corrected chi connectivity index (χ0v) is 16.7. The summed E-state index contributed by atoms with van der Waals surface area (Å²) in [6.45, 7) is 14.9. The van der Waals surface area contributed by atoms with Gasteiger partial charge in [0.1, 0.15) is 0 Å². The van der Waals surface area contributed by atoms with Crippen LogP contribution in [0.25, 0.3) is 0 Å². The van der Waals surface area contributed by atoms with E-state index in [4.69, 9.17) is 0 Å². The molecule has 2 amide bonds. The molecule has 0 radical (unpaired) electrons. The van der Waals surface area contributed by atoms with Gasteiger partial charge in [-0.25, -0.2) is 0 Å². The second-order valence-corrected chi connectivity index (χ2v) is 8.66. The Kier molecular flexibility index (Phi) is 6.86. The molecule has 0 aromatic carbocycles. The fourth-order valence-electron chi connectivity index (χ4n) is 3.70. The summed E-state index contributed by atoms with van der Waals surface area (Å²) < 4.78 is 0. The maximum absolute atomic E-state index is 12.6. The second kappa shape index (κ2) is 8.49. The maximum atomic E-state index is 12.6. The number of nitrogens with one attached hydrogen (secondary N) is 1. The van der Waals surface area contributed by atoms with Gasteiger partial charge in [0, 0.05) is 44.3 Å². The fraction of sp³-hybridized carbons (Fsp3) is 0.895. The molecule has 2 aliphatic heterocycles. The van der Waals surface area contributed by atoms with Crippen molar-refractivity contribution in [3.8, 4) is 0 Å². The third-order valence-corrected chi connectivity index (χ3v) is 5.31. The first-order chi connectivity index (χ1) is 11.7. The van der Waals surface area contributed by atoms with E-state index < -0.39 is 0 Å². The zero-order chi connectivity index (χ0) is 18.6. The van der Waals surface area contributed by atoms with Crippen molar-refractivity contribution in [1.29, 1.82) is 0 Å². The molecule has 2 unspecified atom stereocenters. The number of amides is 2. The minimum absolute atomic E-state index is 0.0826. The topological polar surface area (TPSA) is 55.9 Å². The summed E-state index contributed by atoms with van der Waals surface area (Å²) in [6, 6.07) is 0.253. The Morgan fingerprint density at radius 2 is 1.72 bits per heavy atom. The van der Waals surface area contributed by atoms with Gasteiger partial charge in [-0.15, -0.1) is 0 Å². The quantitative estimate of drug-likeness (QED) is 0.829. The normalized spacial score (nSPS) is 24.8. The van der Waals surface area contributed by atoms with E-state index in [1.807, 2.05) is 27.7 Å². The van der Waals surface area contributed by atoms with Gasteiger partial charge in [0.25, 0.3) is 0 Å². The molecule has 2 aliphatic rings. The van der Waals surface area contributed by atoms with Crippen LogP contribution < -0.4 is 5.32 Å². The Morgan fingerprint density at radius 3 is 2.28 bits per heavy atom. The number of carbonyl (C=O) groups is 2. The molecule has 1 N–H and O–H groups in total. The summed E-state index contributed by atoms with van der Waals surface area (Å²) in [7, 11) is 0. The standard InChI is InChI=1S/C19H36N4O2/c1-15-8-6-7-9-23(15)17(24)14-21-10-12-22(13-11-21)16(2)18(25)20-19(3,4)5/h15-16H,6-14H2,1-5H3,(H,20,25). The first kappa shape index (κ1) is 20.2. The molecule has 0 aromatic heterocycles. The lowest BCUT2D eigenvalue weighted by atomic mass is 10.0. The molecule has 25 heavy (non-hydrogen) atoms. The van der Waals surface area contributed by atoms with Crippen molar-refractivity contribution in [2.24, 2.45) is 0 Å². The summed E-state index contributed by atoms with van der Waals surface area (Å²) in [5, 5.41) is 3.05. The Bertz CT molecular complexity index is 467. The van der Waals surface area contributed by atoms with E-state index >= 15 is 0 Å². The van der Waals surface area contributed by atoms with E-state index in [-0.39, 0.29) is 23.4 Å². The highest BCUT2D eigenvalue weighted by Gasteiger charge is 2.29. The fourth-order valence-corrected chi connectivity index (χ4v) is 3.70. The Labute approximate surface area is 152 Å². The summed E-state index contributed by atoms with van der Waals surface area (Å²) in [5.41, 5.74) is -0.204. The molecule has 2 rings (SSSR count). The highest BCUT2D eigenvalue weighted by atomic mass is 16.2. The van der Waals surface area contributed by atoms with E-state index in [0.717, 1.165) is 45.6 Å². The lowest BCUT2D eigenvalue weighted by molar-refractivity contribution is -0.137. The molecular weight excluding hydrogens is 316 g/mol. The number of rotatable bonds is 4. The van der Waals surface area contributed by atoms with E-state index in [9.17, 15) is 9.59 Å². The molecule has 0 aromatic rings. The van der Waals surface area contributed by atoms with Gasteiger partial charge in [-0.05, 0) is 53.9 Å². The molecule has 2 heterocycles. The van der Waals surface area contributed by atoms with Crippen LogP contribution in [0.15, 0.2) is 0 Å². The lowest BCUT2D eigenvalue weighted by Crippen LogP contribution is -2.57. The van der Waals surface area contributed by atoms with Crippen molar-refractivity contribution >= 4 is 11.8 Å². The zero-order valence-electron chi connectivity index (χ0n) is 16.7. The molecule has 2 atom stereocenters. The number of hydrogen-bond acceptors (Lipinski definition) is 4. The summed E-state index contributed by atoms with van der Waals surface area (Å²) in [5.74, 6) is 0.346. The van der Waals surface area contributed by atoms with Crippen molar-refractivity contribution in [2.45, 2.75) is 71.5 Å². The average Bonchev–Trinajstić information content (AvgIpc) is 2.53. The SMILES string of the molecule is CC(C(=O)NC(C)(C)C)N1CCN(CC(=O)N2CCCCC2C)CC1. The summed E-state index contributed by atoms with van der Waals surface area (Å²) in [6.07, 6.45) is 3.49. The van der Waals surface area contributed by atoms with Gasteiger partial charge in [0.2, 0.25) is 11.8 Å². The minimum Gasteiger partial charge on any atom is -0.350 e. The third kappa shape index (κ3) is 5.96. The highest BCUT2D eigenvalue weighted by molar-refractivity contribution is 5.82. The van der Waals surface area contributed by atoms with Crippen LogP contribution in [0.4, 0.5) is 0 Å². The lowest BCUT2D eigenvalue weighted by Gasteiger charge is -2.39. The molecule has 0 aliphatic carbocycles. The molecule has 2 saturated heterocycles. The summed E-state index contributed by atoms with van der Waals surface area (Å²) >= 11 is 0. The minimum atomic E-state index is -0.204. The molecule has 6 nitrogen and oxygen atoms in total. The number of piperazine rings is 1. The number of hydrogen-bond donors (Lipinski definition) is 1. The Morgan fingerprint density at radius 1 is 1.08 bits per heavy atom. The van der Waals surface area contributed by atoms with Crippen LogP contribution in [-0.4, -0.2) is 83.4 Å². The number of piperidine rings is 1. The molecule has 2 fully saturated rings. The van der Waals surface area contributed by atoms with Crippen LogP contribution >= 0.6 is 0 Å². The van der Waals surface area contributed by atoms with Crippen molar-refractivity contribution in [3.63, 3.8) is 0 Å². The van der Waals surface area contributed by atoms with Gasteiger partial charge in [-0.1, -0.05) is 0 Å². The highest BCUT2D eigenvalue weighted by Crippen LogP contribution is 2.17. The van der Waals surface area contributed by atoms with E-state index in [1.165, 1.54) is 6.42 Å². The van der Waals surface area contributed by atoms with Crippen LogP contribution in [0, 0.1) is 0 Å². The second-order valence-electron chi connectivity index (χ2n) is 8.66. The van der Waals surface area contributed by atoms with Crippen LogP contribution in [0.3, 0.4) is 0 Å². The van der Waals surface area contributed by atoms with Crippen LogP contribution in [0.1, 0.15) is 53.9 Å². The first-order valence-electron chi connectivity index (χ1n) is 9.75.